The smallest absolute Gasteiger partial charge is 0.326 e. The van der Waals surface area contributed by atoms with Gasteiger partial charge in [-0.15, -0.1) is 0 Å². The Labute approximate surface area is 452 Å². The first kappa shape index (κ1) is 60.0. The molecule has 0 spiro atoms. The topological polar surface area (TPSA) is 455 Å². The van der Waals surface area contributed by atoms with Gasteiger partial charge in [0, 0.05) is 73.2 Å². The average Bonchev–Trinajstić information content (AvgIpc) is 4.32. The van der Waals surface area contributed by atoms with Gasteiger partial charge < -0.3 is 88.5 Å². The summed E-state index contributed by atoms with van der Waals surface area (Å²) >= 11 is 0. The molecule has 6 rings (SSSR count). The fourth-order valence-electron chi connectivity index (χ4n) is 9.60. The van der Waals surface area contributed by atoms with Crippen LogP contribution >= 0.6 is 0 Å². The van der Waals surface area contributed by atoms with Crippen molar-refractivity contribution in [1.82, 2.24) is 66.6 Å². The lowest BCUT2D eigenvalue weighted by Crippen LogP contribution is -2.62. The van der Waals surface area contributed by atoms with Gasteiger partial charge in [-0.2, -0.15) is 0 Å². The number of nitrogens with one attached hydrogen (secondary N) is 9. The van der Waals surface area contributed by atoms with Crippen LogP contribution in [0.15, 0.2) is 55.5 Å². The van der Waals surface area contributed by atoms with E-state index in [0.717, 1.165) is 22.7 Å². The number of imidazole rings is 2. The number of para-hydroxylation sites is 1. The number of aliphatic hydroxyl groups excluding tert-OH is 2. The number of nitrogens with two attached hydrogens (primary N) is 2. The van der Waals surface area contributed by atoms with E-state index in [9.17, 15) is 68.4 Å². The van der Waals surface area contributed by atoms with Crippen molar-refractivity contribution < 1.29 is 68.4 Å². The number of benzene rings is 1. The van der Waals surface area contributed by atoms with Crippen LogP contribution in [0, 0.1) is 0 Å². The molecular weight excluding hydrogens is 1030 g/mol. The molecule has 0 bridgehead atoms. The summed E-state index contributed by atoms with van der Waals surface area (Å²) in [6, 6.07) is -5.92. The van der Waals surface area contributed by atoms with Gasteiger partial charge in [-0.3, -0.25) is 43.2 Å². The summed E-state index contributed by atoms with van der Waals surface area (Å²) < 4.78 is 0. The van der Waals surface area contributed by atoms with Crippen molar-refractivity contribution in [1.29, 1.82) is 0 Å². The van der Waals surface area contributed by atoms with Crippen LogP contribution in [0.5, 0.6) is 0 Å². The Balaban J connectivity index is 1.11. The van der Waals surface area contributed by atoms with Gasteiger partial charge in [0.2, 0.25) is 47.3 Å². The van der Waals surface area contributed by atoms with Crippen molar-refractivity contribution in [2.24, 2.45) is 11.5 Å². The summed E-state index contributed by atoms with van der Waals surface area (Å²) in [6.45, 7) is 0.578. The highest BCUT2D eigenvalue weighted by atomic mass is 16.4. The van der Waals surface area contributed by atoms with Crippen molar-refractivity contribution in [3.63, 3.8) is 0 Å². The average molecular weight is 1100 g/mol. The Hall–Kier alpha value is -8.28. The molecule has 10 atom stereocenters. The number of hydrogen-bond acceptors (Lipinski definition) is 16. The third-order valence-electron chi connectivity index (χ3n) is 13.8. The molecule has 0 saturated carbocycles. The molecule has 17 N–H and O–H groups in total. The van der Waals surface area contributed by atoms with Crippen molar-refractivity contribution in [3.05, 3.63) is 72.5 Å². The molecule has 2 fully saturated rings. The van der Waals surface area contributed by atoms with Gasteiger partial charge in [0.1, 0.15) is 48.3 Å². The van der Waals surface area contributed by atoms with Crippen molar-refractivity contribution in [2.75, 3.05) is 26.2 Å². The molecule has 8 amide bonds. The number of carbonyl (C=O) groups is 10. The third kappa shape index (κ3) is 16.1. The van der Waals surface area contributed by atoms with Crippen molar-refractivity contribution in [3.8, 4) is 0 Å². The molecule has 2 aliphatic heterocycles. The summed E-state index contributed by atoms with van der Waals surface area (Å²) in [7, 11) is 0. The Bertz CT molecular complexity index is 2770. The molecule has 4 aromatic rings. The normalized spacial score (nSPS) is 18.2. The van der Waals surface area contributed by atoms with E-state index < -0.39 is 133 Å². The van der Waals surface area contributed by atoms with Crippen molar-refractivity contribution in [2.45, 2.75) is 138 Å². The molecule has 3 aromatic heterocycles. The summed E-state index contributed by atoms with van der Waals surface area (Å²) in [5, 5.41) is 56.3. The second kappa shape index (κ2) is 28.4. The number of hydrogen-bond donors (Lipinski definition) is 15. The number of carboxylic acid groups (broad SMARTS) is 2. The van der Waals surface area contributed by atoms with Crippen LogP contribution in [0.2, 0.25) is 0 Å². The molecule has 79 heavy (non-hydrogen) atoms. The maximum absolute atomic E-state index is 14.5. The van der Waals surface area contributed by atoms with E-state index >= 15 is 0 Å². The van der Waals surface area contributed by atoms with Crippen LogP contribution in [0.25, 0.3) is 10.9 Å². The highest BCUT2D eigenvalue weighted by molar-refractivity contribution is 5.99. The quantitative estimate of drug-likeness (QED) is 0.0230. The number of carboxylic acids is 2. The molecule has 1 aromatic carbocycles. The number of aliphatic carboxylic acids is 2. The molecule has 29 nitrogen and oxygen atoms in total. The largest absolute Gasteiger partial charge is 0.481 e. The number of rotatable bonds is 29. The molecule has 0 unspecified atom stereocenters. The third-order valence-corrected chi connectivity index (χ3v) is 13.8. The van der Waals surface area contributed by atoms with Gasteiger partial charge in [0.15, 0.2) is 0 Å². The van der Waals surface area contributed by atoms with E-state index in [2.05, 4.69) is 56.8 Å². The molecule has 29 heteroatoms. The highest BCUT2D eigenvalue weighted by Gasteiger charge is 2.43. The van der Waals surface area contributed by atoms with Crippen LogP contribution < -0.4 is 43.4 Å². The van der Waals surface area contributed by atoms with Gasteiger partial charge >= 0.3 is 11.9 Å². The number of amides is 8. The first-order valence-corrected chi connectivity index (χ1v) is 25.9. The molecular formula is C50H69N15O14. The first-order valence-electron chi connectivity index (χ1n) is 25.9. The van der Waals surface area contributed by atoms with Crippen molar-refractivity contribution >= 4 is 70.1 Å². The molecule has 2 saturated heterocycles. The number of fused-ring (bicyclic) bond motifs is 1. The van der Waals surface area contributed by atoms with Crippen LogP contribution in [-0.2, 0) is 67.2 Å². The monoisotopic (exact) mass is 1100 g/mol. The van der Waals surface area contributed by atoms with E-state index in [0.29, 0.717) is 42.8 Å². The first-order chi connectivity index (χ1) is 37.8. The van der Waals surface area contributed by atoms with Crippen LogP contribution in [0.4, 0.5) is 0 Å². The van der Waals surface area contributed by atoms with Crippen LogP contribution in [0.1, 0.15) is 75.2 Å². The van der Waals surface area contributed by atoms with E-state index in [1.165, 1.54) is 29.9 Å². The second-order valence-electron chi connectivity index (χ2n) is 19.5. The highest BCUT2D eigenvalue weighted by Crippen LogP contribution is 2.23. The maximum Gasteiger partial charge on any atom is 0.326 e. The van der Waals surface area contributed by atoms with E-state index in [1.54, 1.807) is 30.5 Å². The van der Waals surface area contributed by atoms with E-state index in [4.69, 9.17) is 11.5 Å². The predicted octanol–water partition coefficient (Wildman–Crippen LogP) is -4.08. The number of nitrogens with zero attached hydrogens (tertiary/aromatic N) is 4. The molecule has 0 radical (unpaired) electrons. The van der Waals surface area contributed by atoms with Crippen LogP contribution in [-0.4, -0.2) is 201 Å². The fourth-order valence-corrected chi connectivity index (χ4v) is 9.60. The Morgan fingerprint density at radius 3 is 1.84 bits per heavy atom. The van der Waals surface area contributed by atoms with Gasteiger partial charge in [0.25, 0.3) is 0 Å². The molecule has 428 valence electrons. The molecule has 0 aliphatic carbocycles. The number of unbranched alkanes of at least 4 members (excludes halogenated alkanes) is 1. The van der Waals surface area contributed by atoms with E-state index in [-0.39, 0.29) is 58.0 Å². The number of aliphatic hydroxyl groups is 2. The second-order valence-corrected chi connectivity index (χ2v) is 19.5. The van der Waals surface area contributed by atoms with Gasteiger partial charge in [-0.25, -0.2) is 14.8 Å². The zero-order chi connectivity index (χ0) is 57.3. The summed E-state index contributed by atoms with van der Waals surface area (Å²) in [4.78, 5) is 154. The minimum absolute atomic E-state index is 0.0343. The lowest BCUT2D eigenvalue weighted by Gasteiger charge is -2.31. The zero-order valence-electron chi connectivity index (χ0n) is 43.4. The number of likely N-dealkylation sites (tertiary alicyclic amines) is 2. The Morgan fingerprint density at radius 1 is 0.684 bits per heavy atom. The van der Waals surface area contributed by atoms with Gasteiger partial charge in [0.05, 0.1) is 37.8 Å². The van der Waals surface area contributed by atoms with Gasteiger partial charge in [-0.1, -0.05) is 18.2 Å². The predicted molar refractivity (Wildman–Crippen MR) is 277 cm³/mol. The zero-order valence-corrected chi connectivity index (χ0v) is 43.4. The lowest BCUT2D eigenvalue weighted by atomic mass is 10.0. The summed E-state index contributed by atoms with van der Waals surface area (Å²) in [5.41, 5.74) is 14.1. The van der Waals surface area contributed by atoms with E-state index in [1.807, 2.05) is 0 Å². The molecule has 5 heterocycles. The number of carbonyl (C=O) groups excluding carboxylic acids is 8. The number of aromatic amines is 3. The Morgan fingerprint density at radius 2 is 1.25 bits per heavy atom. The maximum atomic E-state index is 14.5. The summed E-state index contributed by atoms with van der Waals surface area (Å²) in [5.74, 6) is -10.2. The fraction of sp³-hybridized carbons (Fsp3) is 0.520. The number of H-pyrrole nitrogens is 3. The lowest BCUT2D eigenvalue weighted by molar-refractivity contribution is -0.145. The number of aromatic nitrogens is 5. The summed E-state index contributed by atoms with van der Waals surface area (Å²) in [6.07, 6.45) is 6.06. The standard InChI is InChI=1S/C50H69N15O14/c1-26(67)41(63-46(74)39-12-7-14-64(39)48(76)33(10-4-5-13-51)58-42(70)31(52)17-28-21-53-24-56-28)47(75)59-34(19-40(68)69)43(71)60-35(18-29-22-54-25-57-29)49(77)65-15-6-11-38(65)45(73)62-37(23-66)44(72)61-36(50(78)79)16-27-20-55-32-9-3-2-8-30(27)32/h2-3,8-9,20-22,24-26,31,33-39,41,55,66-67H,4-7,10-19,23,51-52H2,1H3,(H,53,56)(H,54,57)(H,58,70)(H,59,75)(H,60,71)(H,61,72)(H,62,73)(H,63,74)(H,68,69)(H,78,79)/t26-,31+,33+,34+,35+,36+,37+,38+,39+,41+/m1/s1. The minimum atomic E-state index is -1.94. The Kier molecular flexibility index (Phi) is 21.5. The molecule has 2 aliphatic rings. The van der Waals surface area contributed by atoms with Gasteiger partial charge in [-0.05, 0) is 70.0 Å². The SMILES string of the molecule is C[C@@H](O)[C@H](NC(=O)[C@@H]1CCCN1C(=O)[C@H](CCCCN)NC(=O)[C@@H](N)Cc1cnc[nH]1)C(=O)N[C@@H](CC(=O)O)C(=O)N[C@@H](Cc1cnc[nH]1)C(=O)N1CCC[C@H]1C(=O)N[C@@H](CO)C(=O)N[C@@H](Cc1c[nH]c2ccccc12)C(=O)O. The van der Waals surface area contributed by atoms with Crippen LogP contribution in [0.3, 0.4) is 0 Å². The minimum Gasteiger partial charge on any atom is -0.481 e.